The quantitative estimate of drug-likeness (QED) is 0.527. The minimum absolute atomic E-state index is 0.0664. The molecule has 0 saturated carbocycles. The van der Waals surface area contributed by atoms with E-state index in [1.54, 1.807) is 30.5 Å². The van der Waals surface area contributed by atoms with Gasteiger partial charge in [-0.2, -0.15) is 13.2 Å². The molecule has 1 unspecified atom stereocenters. The third-order valence-electron chi connectivity index (χ3n) is 5.88. The highest BCUT2D eigenvalue weighted by atomic mass is 19.4. The molecule has 1 atom stereocenters. The van der Waals surface area contributed by atoms with Crippen molar-refractivity contribution in [2.75, 3.05) is 37.1 Å². The Balaban J connectivity index is 1.40. The first-order valence-electron chi connectivity index (χ1n) is 10.8. The normalized spacial score (nSPS) is 16.4. The van der Waals surface area contributed by atoms with Crippen LogP contribution < -0.4 is 10.4 Å². The zero-order chi connectivity index (χ0) is 24.3. The van der Waals surface area contributed by atoms with Crippen molar-refractivity contribution in [3.8, 4) is 11.1 Å². The smallest absolute Gasteiger partial charge is 0.364 e. The Hall–Kier alpha value is -3.59. The van der Waals surface area contributed by atoms with Crippen LogP contribution in [0.5, 0.6) is 0 Å². The van der Waals surface area contributed by atoms with Gasteiger partial charge in [-0.3, -0.25) is 9.63 Å². The van der Waals surface area contributed by atoms with Gasteiger partial charge < -0.3 is 9.80 Å². The summed E-state index contributed by atoms with van der Waals surface area (Å²) in [6, 6.07) is 15.9. The lowest BCUT2D eigenvalue weighted by atomic mass is 10.0. The van der Waals surface area contributed by atoms with E-state index in [2.05, 4.69) is 22.3 Å². The van der Waals surface area contributed by atoms with Gasteiger partial charge in [0.05, 0.1) is 24.6 Å². The molecule has 1 aromatic heterocycles. The lowest BCUT2D eigenvalue weighted by molar-refractivity contribution is -0.137. The molecule has 6 nitrogen and oxygen atoms in total. The van der Waals surface area contributed by atoms with Crippen molar-refractivity contribution in [3.05, 3.63) is 78.0 Å². The molecule has 4 rings (SSSR count). The first-order valence-corrected chi connectivity index (χ1v) is 10.8. The molecule has 1 aliphatic rings. The standard InChI is InChI=1S/C25H25F3N4O2/c1-17-16-31(13-14-32(17)22-11-12-23(29-15-22)30-34-2)24(33)20-5-3-18(4-6-20)19-7-9-21(10-8-19)25(26,27)28/h3-12,15,17H,13-14,16H2,1-2H3,(H,29,30). The highest BCUT2D eigenvalue weighted by molar-refractivity contribution is 5.95. The van der Waals surface area contributed by atoms with Crippen molar-refractivity contribution in [1.82, 2.24) is 9.88 Å². The summed E-state index contributed by atoms with van der Waals surface area (Å²) in [5.74, 6) is 0.552. The van der Waals surface area contributed by atoms with Crippen LogP contribution in [-0.2, 0) is 11.0 Å². The van der Waals surface area contributed by atoms with Crippen LogP contribution in [0.1, 0.15) is 22.8 Å². The van der Waals surface area contributed by atoms with Crippen LogP contribution in [0.3, 0.4) is 0 Å². The lowest BCUT2D eigenvalue weighted by Crippen LogP contribution is -2.53. The molecule has 0 radical (unpaired) electrons. The fraction of sp³-hybridized carbons (Fsp3) is 0.280. The number of nitrogens with zero attached hydrogens (tertiary/aromatic N) is 3. The van der Waals surface area contributed by atoms with Gasteiger partial charge in [-0.25, -0.2) is 10.5 Å². The Morgan fingerprint density at radius 1 is 1.00 bits per heavy atom. The number of rotatable bonds is 5. The van der Waals surface area contributed by atoms with Crippen LogP contribution in [0.25, 0.3) is 11.1 Å². The van der Waals surface area contributed by atoms with Crippen LogP contribution in [0.4, 0.5) is 24.7 Å². The van der Waals surface area contributed by atoms with Crippen molar-refractivity contribution >= 4 is 17.4 Å². The third kappa shape index (κ3) is 5.14. The largest absolute Gasteiger partial charge is 0.416 e. The number of amides is 1. The zero-order valence-corrected chi connectivity index (χ0v) is 18.8. The maximum absolute atomic E-state index is 13.1. The van der Waals surface area contributed by atoms with E-state index in [1.807, 2.05) is 17.0 Å². The number of carbonyl (C=O) groups excluding carboxylic acids is 1. The molecule has 178 valence electrons. The van der Waals surface area contributed by atoms with Gasteiger partial charge >= 0.3 is 6.18 Å². The molecular weight excluding hydrogens is 445 g/mol. The predicted molar refractivity (Wildman–Crippen MR) is 124 cm³/mol. The molecule has 9 heteroatoms. The van der Waals surface area contributed by atoms with Crippen molar-refractivity contribution in [2.45, 2.75) is 19.1 Å². The van der Waals surface area contributed by atoms with Crippen molar-refractivity contribution < 1.29 is 22.8 Å². The van der Waals surface area contributed by atoms with Gasteiger partial charge in [0.25, 0.3) is 5.91 Å². The monoisotopic (exact) mass is 470 g/mol. The fourth-order valence-electron chi connectivity index (χ4n) is 4.09. The van der Waals surface area contributed by atoms with Crippen molar-refractivity contribution in [1.29, 1.82) is 0 Å². The minimum Gasteiger partial charge on any atom is -0.364 e. The zero-order valence-electron chi connectivity index (χ0n) is 18.8. The number of alkyl halides is 3. The number of nitrogens with one attached hydrogen (secondary N) is 1. The van der Waals surface area contributed by atoms with E-state index in [0.717, 1.165) is 23.4 Å². The second-order valence-corrected chi connectivity index (χ2v) is 8.15. The minimum atomic E-state index is -4.36. The second kappa shape index (κ2) is 9.72. The first-order chi connectivity index (χ1) is 16.3. The third-order valence-corrected chi connectivity index (χ3v) is 5.88. The number of piperazine rings is 1. The van der Waals surface area contributed by atoms with E-state index in [0.29, 0.717) is 36.6 Å². The Labute approximate surface area is 195 Å². The predicted octanol–water partition coefficient (Wildman–Crippen LogP) is 5.09. The number of hydrogen-bond acceptors (Lipinski definition) is 5. The topological polar surface area (TPSA) is 57.7 Å². The summed E-state index contributed by atoms with van der Waals surface area (Å²) in [6.07, 6.45) is -2.59. The van der Waals surface area contributed by atoms with Gasteiger partial charge in [0.2, 0.25) is 0 Å². The molecule has 0 aliphatic carbocycles. The maximum atomic E-state index is 13.1. The number of aromatic nitrogens is 1. The second-order valence-electron chi connectivity index (χ2n) is 8.15. The summed E-state index contributed by atoms with van der Waals surface area (Å²) in [5, 5.41) is 0. The lowest BCUT2D eigenvalue weighted by Gasteiger charge is -2.41. The molecule has 2 heterocycles. The van der Waals surface area contributed by atoms with Gasteiger partial charge in [-0.1, -0.05) is 24.3 Å². The Kier molecular flexibility index (Phi) is 6.74. The maximum Gasteiger partial charge on any atom is 0.416 e. The van der Waals surface area contributed by atoms with Crippen molar-refractivity contribution in [3.63, 3.8) is 0 Å². The number of benzene rings is 2. The molecule has 0 spiro atoms. The van der Waals surface area contributed by atoms with Crippen LogP contribution in [0, 0.1) is 0 Å². The first kappa shape index (κ1) is 23.6. The molecule has 1 fully saturated rings. The SMILES string of the molecule is CONc1ccc(N2CCN(C(=O)c3ccc(-c4ccc(C(F)(F)F)cc4)cc3)CC2C)cn1. The number of pyridine rings is 1. The molecular formula is C25H25F3N4O2. The molecule has 34 heavy (non-hydrogen) atoms. The summed E-state index contributed by atoms with van der Waals surface area (Å²) >= 11 is 0. The Morgan fingerprint density at radius 2 is 1.65 bits per heavy atom. The molecule has 1 aliphatic heterocycles. The number of hydrogen-bond donors (Lipinski definition) is 1. The summed E-state index contributed by atoms with van der Waals surface area (Å²) < 4.78 is 38.3. The summed E-state index contributed by atoms with van der Waals surface area (Å²) in [6.45, 7) is 3.88. The fourth-order valence-corrected chi connectivity index (χ4v) is 4.09. The summed E-state index contributed by atoms with van der Waals surface area (Å²) in [5.41, 5.74) is 4.94. The Bertz CT molecular complexity index is 1120. The highest BCUT2D eigenvalue weighted by Crippen LogP contribution is 2.31. The number of anilines is 2. The van der Waals surface area contributed by atoms with E-state index in [4.69, 9.17) is 4.84 Å². The molecule has 2 aromatic carbocycles. The number of halogens is 3. The molecule has 1 amide bonds. The van der Waals surface area contributed by atoms with Gasteiger partial charge in [0.1, 0.15) is 5.82 Å². The van der Waals surface area contributed by atoms with Gasteiger partial charge in [0, 0.05) is 31.2 Å². The van der Waals surface area contributed by atoms with E-state index >= 15 is 0 Å². The van der Waals surface area contributed by atoms with E-state index < -0.39 is 11.7 Å². The molecule has 1 saturated heterocycles. The molecule has 0 bridgehead atoms. The summed E-state index contributed by atoms with van der Waals surface area (Å²) in [7, 11) is 1.52. The van der Waals surface area contributed by atoms with Gasteiger partial charge in [-0.05, 0) is 54.4 Å². The molecule has 1 N–H and O–H groups in total. The van der Waals surface area contributed by atoms with Crippen LogP contribution >= 0.6 is 0 Å². The molecule has 3 aromatic rings. The highest BCUT2D eigenvalue weighted by Gasteiger charge is 2.30. The van der Waals surface area contributed by atoms with Crippen LogP contribution in [0.15, 0.2) is 66.9 Å². The van der Waals surface area contributed by atoms with Gasteiger partial charge in [-0.15, -0.1) is 0 Å². The average molecular weight is 470 g/mol. The Morgan fingerprint density at radius 3 is 2.18 bits per heavy atom. The van der Waals surface area contributed by atoms with E-state index in [9.17, 15) is 18.0 Å². The van der Waals surface area contributed by atoms with E-state index in [-0.39, 0.29) is 11.9 Å². The van der Waals surface area contributed by atoms with E-state index in [1.165, 1.54) is 19.2 Å². The summed E-state index contributed by atoms with van der Waals surface area (Å²) in [4.78, 5) is 26.3. The van der Waals surface area contributed by atoms with Crippen molar-refractivity contribution in [2.24, 2.45) is 0 Å². The number of carbonyl (C=O) groups is 1. The van der Waals surface area contributed by atoms with Crippen LogP contribution in [0.2, 0.25) is 0 Å². The average Bonchev–Trinajstić information content (AvgIpc) is 2.84. The van der Waals surface area contributed by atoms with Crippen LogP contribution in [-0.4, -0.2) is 48.6 Å². The van der Waals surface area contributed by atoms with Gasteiger partial charge in [0.15, 0.2) is 0 Å².